The third-order valence-corrected chi connectivity index (χ3v) is 3.81. The normalized spacial score (nSPS) is 18.3. The first-order chi connectivity index (χ1) is 10.4. The highest BCUT2D eigenvalue weighted by Gasteiger charge is 2.27. The zero-order valence-electron chi connectivity index (χ0n) is 14.4. The summed E-state index contributed by atoms with van der Waals surface area (Å²) in [6.07, 6.45) is 2.44. The number of aliphatic hydroxyl groups is 1. The van der Waals surface area contributed by atoms with Crippen molar-refractivity contribution in [2.75, 3.05) is 40.0 Å². The highest BCUT2D eigenvalue weighted by Crippen LogP contribution is 2.19. The number of hydrogen-bond acceptors (Lipinski definition) is 5. The van der Waals surface area contributed by atoms with Crippen LogP contribution in [-0.2, 0) is 9.47 Å². The second kappa shape index (κ2) is 9.33. The third-order valence-electron chi connectivity index (χ3n) is 3.81. The third kappa shape index (κ3) is 7.42. The Labute approximate surface area is 134 Å². The number of likely N-dealkylation sites (tertiary alicyclic amines) is 1. The number of carbonyl (C=O) groups is 1. The van der Waals surface area contributed by atoms with E-state index in [0.717, 1.165) is 32.5 Å². The molecule has 0 aromatic heterocycles. The molecule has 1 fully saturated rings. The van der Waals surface area contributed by atoms with Crippen molar-refractivity contribution in [3.8, 4) is 0 Å². The van der Waals surface area contributed by atoms with E-state index in [1.807, 2.05) is 20.8 Å². The fraction of sp³-hybridized carbons (Fsp3) is 0.938. The maximum atomic E-state index is 12.0. The quantitative estimate of drug-likeness (QED) is 0.747. The van der Waals surface area contributed by atoms with Crippen LogP contribution in [0.25, 0.3) is 0 Å². The lowest BCUT2D eigenvalue weighted by Crippen LogP contribution is -2.44. The lowest BCUT2D eigenvalue weighted by Gasteiger charge is -2.34. The van der Waals surface area contributed by atoms with Crippen molar-refractivity contribution in [3.63, 3.8) is 0 Å². The molecular formula is C16H32N2O4. The number of hydrogen-bond donors (Lipinski definition) is 2. The monoisotopic (exact) mass is 316 g/mol. The van der Waals surface area contributed by atoms with Crippen molar-refractivity contribution in [1.29, 1.82) is 0 Å². The average molecular weight is 316 g/mol. The van der Waals surface area contributed by atoms with E-state index in [1.165, 1.54) is 0 Å². The van der Waals surface area contributed by atoms with Crippen LogP contribution in [0.5, 0.6) is 0 Å². The van der Waals surface area contributed by atoms with E-state index in [-0.39, 0.29) is 18.7 Å². The molecule has 0 bridgehead atoms. The molecule has 1 amide bonds. The first kappa shape index (κ1) is 19.2. The summed E-state index contributed by atoms with van der Waals surface area (Å²) < 4.78 is 10.5. The molecule has 0 saturated carbocycles. The Bertz CT molecular complexity index is 317. The second-order valence-electron chi connectivity index (χ2n) is 6.98. The number of rotatable bonds is 7. The van der Waals surface area contributed by atoms with Gasteiger partial charge in [-0.05, 0) is 52.5 Å². The zero-order valence-corrected chi connectivity index (χ0v) is 14.4. The van der Waals surface area contributed by atoms with Gasteiger partial charge in [0.15, 0.2) is 0 Å². The van der Waals surface area contributed by atoms with Gasteiger partial charge in [0, 0.05) is 32.8 Å². The standard InChI is InChI=1S/C16H32N2O4/c1-16(2,3)22-15(20)18-8-5-13(6-9-18)11-17-14(7-10-19)12-21-4/h13-14,17,19H,5-12H2,1-4H3. The Kier molecular flexibility index (Phi) is 8.14. The van der Waals surface area contributed by atoms with E-state index >= 15 is 0 Å². The predicted molar refractivity (Wildman–Crippen MR) is 85.9 cm³/mol. The van der Waals surface area contributed by atoms with Gasteiger partial charge in [-0.1, -0.05) is 0 Å². The van der Waals surface area contributed by atoms with Crippen LogP contribution in [-0.4, -0.2) is 67.7 Å². The number of piperidine rings is 1. The van der Waals surface area contributed by atoms with Crippen molar-refractivity contribution in [2.45, 2.75) is 51.7 Å². The van der Waals surface area contributed by atoms with Crippen molar-refractivity contribution >= 4 is 6.09 Å². The van der Waals surface area contributed by atoms with Gasteiger partial charge in [-0.15, -0.1) is 0 Å². The molecule has 2 N–H and O–H groups in total. The first-order valence-electron chi connectivity index (χ1n) is 8.17. The maximum Gasteiger partial charge on any atom is 0.410 e. The van der Waals surface area contributed by atoms with Gasteiger partial charge < -0.3 is 24.8 Å². The van der Waals surface area contributed by atoms with E-state index in [9.17, 15) is 4.79 Å². The van der Waals surface area contributed by atoms with Crippen molar-refractivity contribution in [1.82, 2.24) is 10.2 Å². The molecule has 22 heavy (non-hydrogen) atoms. The molecule has 0 aliphatic carbocycles. The van der Waals surface area contributed by atoms with Crippen LogP contribution >= 0.6 is 0 Å². The Balaban J connectivity index is 2.28. The topological polar surface area (TPSA) is 71.0 Å². The molecule has 1 heterocycles. The number of carbonyl (C=O) groups excluding carboxylic acids is 1. The smallest absolute Gasteiger partial charge is 0.410 e. The molecule has 1 atom stereocenters. The summed E-state index contributed by atoms with van der Waals surface area (Å²) in [7, 11) is 1.67. The molecule has 1 rings (SSSR count). The molecule has 6 heteroatoms. The number of nitrogens with zero attached hydrogens (tertiary/aromatic N) is 1. The molecule has 130 valence electrons. The summed E-state index contributed by atoms with van der Waals surface area (Å²) in [6.45, 7) is 8.83. The van der Waals surface area contributed by atoms with E-state index in [2.05, 4.69) is 5.32 Å². The van der Waals surface area contributed by atoms with E-state index in [1.54, 1.807) is 12.0 Å². The molecule has 6 nitrogen and oxygen atoms in total. The number of nitrogens with one attached hydrogen (secondary N) is 1. The fourth-order valence-electron chi connectivity index (χ4n) is 2.58. The van der Waals surface area contributed by atoms with Crippen LogP contribution in [0.1, 0.15) is 40.0 Å². The van der Waals surface area contributed by atoms with Gasteiger partial charge in [-0.3, -0.25) is 0 Å². The van der Waals surface area contributed by atoms with Gasteiger partial charge in [0.2, 0.25) is 0 Å². The highest BCUT2D eigenvalue weighted by atomic mass is 16.6. The molecule has 0 spiro atoms. The Morgan fingerprint density at radius 3 is 2.50 bits per heavy atom. The van der Waals surface area contributed by atoms with Crippen molar-refractivity contribution in [3.05, 3.63) is 0 Å². The van der Waals surface area contributed by atoms with Gasteiger partial charge in [-0.2, -0.15) is 0 Å². The molecule has 1 aliphatic heterocycles. The molecule has 0 radical (unpaired) electrons. The van der Waals surface area contributed by atoms with Gasteiger partial charge >= 0.3 is 6.09 Å². The zero-order chi connectivity index (χ0) is 16.6. The maximum absolute atomic E-state index is 12.0. The number of methoxy groups -OCH3 is 1. The highest BCUT2D eigenvalue weighted by molar-refractivity contribution is 5.68. The number of amides is 1. The molecule has 1 saturated heterocycles. The minimum atomic E-state index is -0.437. The second-order valence-corrected chi connectivity index (χ2v) is 6.98. The SMILES string of the molecule is COCC(CCO)NCC1CCN(C(=O)OC(C)(C)C)CC1. The molecule has 1 unspecified atom stereocenters. The number of ether oxygens (including phenoxy) is 2. The van der Waals surface area contributed by atoms with Crippen molar-refractivity contribution in [2.24, 2.45) is 5.92 Å². The van der Waals surface area contributed by atoms with Gasteiger partial charge in [0.25, 0.3) is 0 Å². The fourth-order valence-corrected chi connectivity index (χ4v) is 2.58. The summed E-state index contributed by atoms with van der Waals surface area (Å²) in [5.41, 5.74) is -0.437. The van der Waals surface area contributed by atoms with Crippen LogP contribution in [0.15, 0.2) is 0 Å². The van der Waals surface area contributed by atoms with Crippen LogP contribution in [0, 0.1) is 5.92 Å². The largest absolute Gasteiger partial charge is 0.444 e. The van der Waals surface area contributed by atoms with Crippen LogP contribution in [0.4, 0.5) is 4.79 Å². The lowest BCUT2D eigenvalue weighted by atomic mass is 9.96. The summed E-state index contributed by atoms with van der Waals surface area (Å²) >= 11 is 0. The number of aliphatic hydroxyl groups excluding tert-OH is 1. The Morgan fingerprint density at radius 1 is 1.36 bits per heavy atom. The summed E-state index contributed by atoms with van der Waals surface area (Å²) in [5.74, 6) is 0.553. The predicted octanol–water partition coefficient (Wildman–Crippen LogP) is 1.62. The van der Waals surface area contributed by atoms with E-state index < -0.39 is 5.60 Å². The minimum Gasteiger partial charge on any atom is -0.444 e. The van der Waals surface area contributed by atoms with Gasteiger partial charge in [0.1, 0.15) is 5.60 Å². The van der Waals surface area contributed by atoms with Crippen molar-refractivity contribution < 1.29 is 19.4 Å². The molecule has 0 aromatic carbocycles. The first-order valence-corrected chi connectivity index (χ1v) is 8.17. The average Bonchev–Trinajstić information content (AvgIpc) is 2.44. The van der Waals surface area contributed by atoms with E-state index in [0.29, 0.717) is 18.9 Å². The molecular weight excluding hydrogens is 284 g/mol. The molecule has 0 aromatic rings. The molecule has 1 aliphatic rings. The Morgan fingerprint density at radius 2 is 2.00 bits per heavy atom. The van der Waals surface area contributed by atoms with Crippen LogP contribution in [0.3, 0.4) is 0 Å². The summed E-state index contributed by atoms with van der Waals surface area (Å²) in [6, 6.07) is 0.193. The van der Waals surface area contributed by atoms with Crippen LogP contribution < -0.4 is 5.32 Å². The Hall–Kier alpha value is -0.850. The summed E-state index contributed by atoms with van der Waals surface area (Å²) in [4.78, 5) is 13.8. The summed E-state index contributed by atoms with van der Waals surface area (Å²) in [5, 5.41) is 12.5. The van der Waals surface area contributed by atoms with Crippen LogP contribution in [0.2, 0.25) is 0 Å². The van der Waals surface area contributed by atoms with Gasteiger partial charge in [-0.25, -0.2) is 4.79 Å². The van der Waals surface area contributed by atoms with E-state index in [4.69, 9.17) is 14.6 Å². The lowest BCUT2D eigenvalue weighted by molar-refractivity contribution is 0.0181. The van der Waals surface area contributed by atoms with Gasteiger partial charge in [0.05, 0.1) is 6.61 Å². The minimum absolute atomic E-state index is 0.165.